The number of benzene rings is 1. The third-order valence-electron chi connectivity index (χ3n) is 4.22. The topological polar surface area (TPSA) is 47.3 Å². The van der Waals surface area contributed by atoms with Crippen LogP contribution in [0.3, 0.4) is 0 Å². The van der Waals surface area contributed by atoms with Crippen LogP contribution < -0.4 is 0 Å². The van der Waals surface area contributed by atoms with Crippen molar-refractivity contribution < 1.29 is 9.84 Å². The number of para-hydroxylation sites is 2. The average molecular weight is 288 g/mol. The molecule has 21 heavy (non-hydrogen) atoms. The van der Waals surface area contributed by atoms with Gasteiger partial charge in [0.1, 0.15) is 5.82 Å². The van der Waals surface area contributed by atoms with Crippen LogP contribution in [0.15, 0.2) is 24.3 Å². The van der Waals surface area contributed by atoms with Crippen LogP contribution in [0, 0.1) is 0 Å². The number of aromatic nitrogens is 2. The Hall–Kier alpha value is -1.39. The van der Waals surface area contributed by atoms with Crippen molar-refractivity contribution in [3.63, 3.8) is 0 Å². The van der Waals surface area contributed by atoms with E-state index in [1.165, 1.54) is 0 Å². The number of hydrogen-bond donors (Lipinski definition) is 1. The summed E-state index contributed by atoms with van der Waals surface area (Å²) >= 11 is 0. The molecule has 2 aromatic rings. The second-order valence-corrected chi connectivity index (χ2v) is 5.84. The number of ether oxygens (including phenoxy) is 1. The minimum Gasteiger partial charge on any atom is -0.390 e. The van der Waals surface area contributed by atoms with E-state index < -0.39 is 6.10 Å². The molecule has 0 aliphatic carbocycles. The molecule has 114 valence electrons. The molecular formula is C17H24N2O2. The number of aliphatic hydroxyl groups excluding tert-OH is 1. The zero-order valence-corrected chi connectivity index (χ0v) is 12.7. The molecule has 1 aliphatic rings. The standard InChI is InChI=1S/C17H24N2O2/c1-2-10-19-14-8-4-3-7-13(14)18-17(19)12-15(20)16-9-5-6-11-21-16/h3-4,7-8,15-16,20H,2,5-6,9-12H2,1H3. The molecule has 1 fully saturated rings. The summed E-state index contributed by atoms with van der Waals surface area (Å²) in [5, 5.41) is 10.5. The first kappa shape index (κ1) is 14.5. The number of aryl methyl sites for hydroxylation is 1. The Kier molecular flexibility index (Phi) is 4.56. The van der Waals surface area contributed by atoms with Crippen molar-refractivity contribution in [2.75, 3.05) is 6.61 Å². The Morgan fingerprint density at radius 2 is 2.24 bits per heavy atom. The van der Waals surface area contributed by atoms with Gasteiger partial charge in [0.05, 0.1) is 23.2 Å². The Morgan fingerprint density at radius 1 is 1.38 bits per heavy atom. The van der Waals surface area contributed by atoms with Crippen LogP contribution in [-0.2, 0) is 17.7 Å². The second-order valence-electron chi connectivity index (χ2n) is 5.84. The maximum Gasteiger partial charge on any atom is 0.112 e. The molecule has 1 saturated heterocycles. The highest BCUT2D eigenvalue weighted by molar-refractivity contribution is 5.75. The Labute approximate surface area is 125 Å². The fourth-order valence-corrected chi connectivity index (χ4v) is 3.14. The lowest BCUT2D eigenvalue weighted by Crippen LogP contribution is -2.34. The minimum absolute atomic E-state index is 0.0337. The lowest BCUT2D eigenvalue weighted by atomic mass is 10.0. The number of fused-ring (bicyclic) bond motifs is 1. The van der Waals surface area contributed by atoms with Crippen molar-refractivity contribution in [1.29, 1.82) is 0 Å². The third kappa shape index (κ3) is 3.11. The molecule has 2 heterocycles. The van der Waals surface area contributed by atoms with E-state index in [1.807, 2.05) is 18.2 Å². The third-order valence-corrected chi connectivity index (χ3v) is 4.22. The molecule has 2 atom stereocenters. The molecule has 3 rings (SSSR count). The monoisotopic (exact) mass is 288 g/mol. The molecule has 1 N–H and O–H groups in total. The van der Waals surface area contributed by atoms with Crippen LogP contribution >= 0.6 is 0 Å². The van der Waals surface area contributed by atoms with E-state index in [9.17, 15) is 5.11 Å². The second kappa shape index (κ2) is 6.58. The van der Waals surface area contributed by atoms with Gasteiger partial charge in [-0.1, -0.05) is 19.1 Å². The van der Waals surface area contributed by atoms with Crippen molar-refractivity contribution in [2.45, 2.75) is 57.8 Å². The number of rotatable bonds is 5. The molecule has 0 bridgehead atoms. The van der Waals surface area contributed by atoms with Gasteiger partial charge in [0.25, 0.3) is 0 Å². The average Bonchev–Trinajstić information content (AvgIpc) is 2.86. The van der Waals surface area contributed by atoms with E-state index in [2.05, 4.69) is 17.6 Å². The number of hydrogen-bond acceptors (Lipinski definition) is 3. The Morgan fingerprint density at radius 3 is 3.00 bits per heavy atom. The Balaban J connectivity index is 1.83. The molecule has 1 aromatic carbocycles. The quantitative estimate of drug-likeness (QED) is 0.920. The van der Waals surface area contributed by atoms with Gasteiger partial charge in [0.2, 0.25) is 0 Å². The highest BCUT2D eigenvalue weighted by Gasteiger charge is 2.24. The van der Waals surface area contributed by atoms with Gasteiger partial charge in [-0.05, 0) is 37.8 Å². The summed E-state index contributed by atoms with van der Waals surface area (Å²) in [5.41, 5.74) is 2.17. The van der Waals surface area contributed by atoms with Crippen molar-refractivity contribution in [1.82, 2.24) is 9.55 Å². The first-order valence-corrected chi connectivity index (χ1v) is 8.03. The van der Waals surface area contributed by atoms with E-state index >= 15 is 0 Å². The maximum atomic E-state index is 10.5. The summed E-state index contributed by atoms with van der Waals surface area (Å²) in [7, 11) is 0. The molecule has 0 radical (unpaired) electrons. The summed E-state index contributed by atoms with van der Waals surface area (Å²) in [6.07, 6.45) is 4.34. The SMILES string of the molecule is CCCn1c(CC(O)C2CCCCO2)nc2ccccc21. The molecular weight excluding hydrogens is 264 g/mol. The summed E-state index contributed by atoms with van der Waals surface area (Å²) in [5.74, 6) is 0.972. The fraction of sp³-hybridized carbons (Fsp3) is 0.588. The van der Waals surface area contributed by atoms with Crippen LogP contribution in [0.1, 0.15) is 38.4 Å². The lowest BCUT2D eigenvalue weighted by molar-refractivity contribution is -0.0619. The largest absolute Gasteiger partial charge is 0.390 e. The highest BCUT2D eigenvalue weighted by atomic mass is 16.5. The van der Waals surface area contributed by atoms with E-state index in [1.54, 1.807) is 0 Å². The molecule has 4 heteroatoms. The fourth-order valence-electron chi connectivity index (χ4n) is 3.14. The van der Waals surface area contributed by atoms with Crippen LogP contribution in [0.4, 0.5) is 0 Å². The smallest absolute Gasteiger partial charge is 0.112 e. The van der Waals surface area contributed by atoms with Gasteiger partial charge in [-0.25, -0.2) is 4.98 Å². The van der Waals surface area contributed by atoms with E-state index in [4.69, 9.17) is 9.72 Å². The molecule has 2 unspecified atom stereocenters. The van der Waals surface area contributed by atoms with Crippen LogP contribution in [-0.4, -0.2) is 33.5 Å². The van der Waals surface area contributed by atoms with Crippen molar-refractivity contribution in [2.24, 2.45) is 0 Å². The summed E-state index contributed by atoms with van der Waals surface area (Å²) in [4.78, 5) is 4.71. The zero-order chi connectivity index (χ0) is 14.7. The van der Waals surface area contributed by atoms with E-state index in [-0.39, 0.29) is 6.10 Å². The summed E-state index contributed by atoms with van der Waals surface area (Å²) in [6, 6.07) is 8.19. The molecule has 0 saturated carbocycles. The first-order chi connectivity index (χ1) is 10.3. The summed E-state index contributed by atoms with van der Waals surface area (Å²) < 4.78 is 7.94. The lowest BCUT2D eigenvalue weighted by Gasteiger charge is -2.27. The van der Waals surface area contributed by atoms with Crippen LogP contribution in [0.2, 0.25) is 0 Å². The predicted octanol–water partition coefficient (Wildman–Crippen LogP) is 2.92. The molecule has 0 spiro atoms. The van der Waals surface area contributed by atoms with Gasteiger partial charge < -0.3 is 14.4 Å². The van der Waals surface area contributed by atoms with Crippen LogP contribution in [0.25, 0.3) is 11.0 Å². The van der Waals surface area contributed by atoms with E-state index in [0.717, 1.165) is 55.7 Å². The minimum atomic E-state index is -0.460. The predicted molar refractivity (Wildman–Crippen MR) is 83.3 cm³/mol. The van der Waals surface area contributed by atoms with Gasteiger partial charge >= 0.3 is 0 Å². The molecule has 0 amide bonds. The molecule has 4 nitrogen and oxygen atoms in total. The Bertz CT molecular complexity index is 587. The zero-order valence-electron chi connectivity index (χ0n) is 12.7. The van der Waals surface area contributed by atoms with Gasteiger partial charge in [-0.15, -0.1) is 0 Å². The molecule has 1 aromatic heterocycles. The van der Waals surface area contributed by atoms with Crippen molar-refractivity contribution in [3.05, 3.63) is 30.1 Å². The van der Waals surface area contributed by atoms with Crippen LogP contribution in [0.5, 0.6) is 0 Å². The summed E-state index contributed by atoms with van der Waals surface area (Å²) in [6.45, 7) is 3.88. The van der Waals surface area contributed by atoms with Gasteiger partial charge in [0.15, 0.2) is 0 Å². The van der Waals surface area contributed by atoms with E-state index in [0.29, 0.717) is 6.42 Å². The number of nitrogens with zero attached hydrogens (tertiary/aromatic N) is 2. The van der Waals surface area contributed by atoms with Crippen molar-refractivity contribution >= 4 is 11.0 Å². The number of imidazole rings is 1. The first-order valence-electron chi connectivity index (χ1n) is 8.03. The molecule has 1 aliphatic heterocycles. The van der Waals surface area contributed by atoms with Crippen molar-refractivity contribution in [3.8, 4) is 0 Å². The van der Waals surface area contributed by atoms with Gasteiger partial charge in [-0.3, -0.25) is 0 Å². The number of aliphatic hydroxyl groups is 1. The highest BCUT2D eigenvalue weighted by Crippen LogP contribution is 2.21. The normalized spacial score (nSPS) is 20.8. The van der Waals surface area contributed by atoms with Gasteiger partial charge in [0, 0.05) is 19.6 Å². The maximum absolute atomic E-state index is 10.5. The van der Waals surface area contributed by atoms with Gasteiger partial charge in [-0.2, -0.15) is 0 Å².